The highest BCUT2D eigenvalue weighted by Gasteiger charge is 2.31. The molecule has 6 heteroatoms. The smallest absolute Gasteiger partial charge is 0.237 e. The van der Waals surface area contributed by atoms with Crippen LogP contribution in [-0.2, 0) is 14.6 Å². The van der Waals surface area contributed by atoms with Crippen molar-refractivity contribution in [2.24, 2.45) is 0 Å². The number of rotatable bonds is 3. The Hall–Kier alpha value is -0.880. The van der Waals surface area contributed by atoms with E-state index >= 15 is 0 Å². The van der Waals surface area contributed by atoms with Crippen molar-refractivity contribution >= 4 is 15.7 Å². The van der Waals surface area contributed by atoms with Crippen LogP contribution in [0.25, 0.3) is 0 Å². The topological polar surface area (TPSA) is 66.5 Å². The molecule has 18 heavy (non-hydrogen) atoms. The second kappa shape index (κ2) is 5.40. The summed E-state index contributed by atoms with van der Waals surface area (Å²) in [6.45, 7) is 3.55. The van der Waals surface area contributed by atoms with Gasteiger partial charge >= 0.3 is 0 Å². The first-order chi connectivity index (χ1) is 8.48. The monoisotopic (exact) mass is 272 g/mol. The van der Waals surface area contributed by atoms with Gasteiger partial charge in [0.15, 0.2) is 9.84 Å². The van der Waals surface area contributed by atoms with Crippen LogP contribution in [0.3, 0.4) is 0 Å². The van der Waals surface area contributed by atoms with E-state index in [2.05, 4.69) is 22.4 Å². The lowest BCUT2D eigenvalue weighted by atomic mass is 10.1. The van der Waals surface area contributed by atoms with Crippen molar-refractivity contribution in [3.05, 3.63) is 12.2 Å². The first-order valence-corrected chi connectivity index (χ1v) is 8.20. The fourth-order valence-corrected chi connectivity index (χ4v) is 4.08. The predicted octanol–water partition coefficient (Wildman–Crippen LogP) is -0.0599. The van der Waals surface area contributed by atoms with Gasteiger partial charge in [0.2, 0.25) is 5.91 Å². The predicted molar refractivity (Wildman–Crippen MR) is 70.0 cm³/mol. The van der Waals surface area contributed by atoms with E-state index < -0.39 is 9.84 Å². The average Bonchev–Trinajstić information content (AvgIpc) is 2.68. The minimum absolute atomic E-state index is 0.0626. The second-order valence-corrected chi connectivity index (χ2v) is 7.27. The van der Waals surface area contributed by atoms with E-state index in [1.165, 1.54) is 0 Å². The van der Waals surface area contributed by atoms with Crippen LogP contribution in [0.2, 0.25) is 0 Å². The normalized spacial score (nSPS) is 29.1. The summed E-state index contributed by atoms with van der Waals surface area (Å²) in [5, 5.41) is 2.85. The molecule has 5 nitrogen and oxygen atoms in total. The highest BCUT2D eigenvalue weighted by Crippen LogP contribution is 2.12. The lowest BCUT2D eigenvalue weighted by Crippen LogP contribution is -2.49. The molecule has 2 rings (SSSR count). The number of sulfone groups is 1. The van der Waals surface area contributed by atoms with Crippen molar-refractivity contribution in [3.8, 4) is 0 Å². The molecule has 2 aliphatic heterocycles. The van der Waals surface area contributed by atoms with Crippen LogP contribution in [-0.4, -0.2) is 55.9 Å². The standard InChI is InChI=1S/C12H20N2O3S/c1-10(14-6-3-2-4-7-14)12(15)13-11-5-8-18(16,17)9-11/h2-3,10-11H,4-9H2,1H3,(H,13,15)/t10-,11+/m1/s1. The Labute approximate surface area is 108 Å². The van der Waals surface area contributed by atoms with Crippen molar-refractivity contribution in [1.29, 1.82) is 0 Å². The van der Waals surface area contributed by atoms with E-state index in [0.717, 1.165) is 19.5 Å². The van der Waals surface area contributed by atoms with Crippen LogP contribution in [0.5, 0.6) is 0 Å². The molecule has 1 saturated heterocycles. The fourth-order valence-electron chi connectivity index (χ4n) is 2.41. The molecule has 0 aromatic carbocycles. The zero-order valence-corrected chi connectivity index (χ0v) is 11.4. The lowest BCUT2D eigenvalue weighted by molar-refractivity contribution is -0.126. The number of hydrogen-bond donors (Lipinski definition) is 1. The Morgan fingerprint density at radius 2 is 2.22 bits per heavy atom. The molecule has 0 aromatic heterocycles. The molecule has 0 saturated carbocycles. The van der Waals surface area contributed by atoms with Crippen molar-refractivity contribution in [2.75, 3.05) is 24.6 Å². The molecule has 0 radical (unpaired) electrons. The van der Waals surface area contributed by atoms with Gasteiger partial charge in [-0.05, 0) is 19.8 Å². The lowest BCUT2D eigenvalue weighted by Gasteiger charge is -2.29. The van der Waals surface area contributed by atoms with Crippen LogP contribution in [0.1, 0.15) is 19.8 Å². The Morgan fingerprint density at radius 3 is 2.78 bits per heavy atom. The first kappa shape index (κ1) is 13.5. The molecule has 2 aliphatic rings. The minimum Gasteiger partial charge on any atom is -0.351 e. The zero-order valence-electron chi connectivity index (χ0n) is 10.6. The number of hydrogen-bond acceptors (Lipinski definition) is 4. The van der Waals surface area contributed by atoms with Gasteiger partial charge in [-0.2, -0.15) is 0 Å². The molecule has 0 aliphatic carbocycles. The molecule has 0 aromatic rings. The Balaban J connectivity index is 1.86. The van der Waals surface area contributed by atoms with Crippen molar-refractivity contribution in [3.63, 3.8) is 0 Å². The van der Waals surface area contributed by atoms with Gasteiger partial charge in [0.25, 0.3) is 0 Å². The van der Waals surface area contributed by atoms with Crippen LogP contribution >= 0.6 is 0 Å². The molecule has 0 unspecified atom stereocenters. The fraction of sp³-hybridized carbons (Fsp3) is 0.750. The van der Waals surface area contributed by atoms with E-state index in [4.69, 9.17) is 0 Å². The van der Waals surface area contributed by atoms with E-state index in [-0.39, 0.29) is 29.5 Å². The van der Waals surface area contributed by atoms with Crippen molar-refractivity contribution < 1.29 is 13.2 Å². The highest BCUT2D eigenvalue weighted by atomic mass is 32.2. The summed E-state index contributed by atoms with van der Waals surface area (Å²) < 4.78 is 22.6. The van der Waals surface area contributed by atoms with E-state index in [9.17, 15) is 13.2 Å². The third-order valence-corrected chi connectivity index (χ3v) is 5.36. The summed E-state index contributed by atoms with van der Waals surface area (Å²) in [5.74, 6) is 0.219. The molecule has 0 bridgehead atoms. The summed E-state index contributed by atoms with van der Waals surface area (Å²) in [7, 11) is -2.93. The Kier molecular flexibility index (Phi) is 4.07. The van der Waals surface area contributed by atoms with E-state index in [0.29, 0.717) is 6.42 Å². The molecule has 0 spiro atoms. The molecule has 102 valence electrons. The SMILES string of the molecule is C[C@H](C(=O)N[C@H]1CCS(=O)(=O)C1)N1CC=CCC1. The maximum atomic E-state index is 12.0. The van der Waals surface area contributed by atoms with Gasteiger partial charge in [0.1, 0.15) is 0 Å². The van der Waals surface area contributed by atoms with Crippen molar-refractivity contribution in [2.45, 2.75) is 31.8 Å². The van der Waals surface area contributed by atoms with Crippen LogP contribution in [0, 0.1) is 0 Å². The quantitative estimate of drug-likeness (QED) is 0.731. The van der Waals surface area contributed by atoms with Crippen LogP contribution in [0.4, 0.5) is 0 Å². The summed E-state index contributed by atoms with van der Waals surface area (Å²) >= 11 is 0. The average molecular weight is 272 g/mol. The van der Waals surface area contributed by atoms with E-state index in [1.54, 1.807) is 0 Å². The number of amides is 1. The van der Waals surface area contributed by atoms with Gasteiger partial charge in [-0.25, -0.2) is 8.42 Å². The van der Waals surface area contributed by atoms with Gasteiger partial charge in [0, 0.05) is 19.1 Å². The van der Waals surface area contributed by atoms with Gasteiger partial charge in [0.05, 0.1) is 17.5 Å². The minimum atomic E-state index is -2.93. The van der Waals surface area contributed by atoms with Crippen LogP contribution < -0.4 is 5.32 Å². The summed E-state index contributed by atoms with van der Waals surface area (Å²) in [5.41, 5.74) is 0. The molecule has 1 fully saturated rings. The summed E-state index contributed by atoms with van der Waals surface area (Å²) in [4.78, 5) is 14.1. The third-order valence-electron chi connectivity index (χ3n) is 3.60. The summed E-state index contributed by atoms with van der Waals surface area (Å²) in [6, 6.07) is -0.400. The van der Waals surface area contributed by atoms with Crippen LogP contribution in [0.15, 0.2) is 12.2 Å². The highest BCUT2D eigenvalue weighted by molar-refractivity contribution is 7.91. The molecular formula is C12H20N2O3S. The molecule has 2 heterocycles. The first-order valence-electron chi connectivity index (χ1n) is 6.38. The van der Waals surface area contributed by atoms with Gasteiger partial charge in [-0.1, -0.05) is 12.2 Å². The summed E-state index contributed by atoms with van der Waals surface area (Å²) in [6.07, 6.45) is 5.69. The number of carbonyl (C=O) groups is 1. The molecule has 1 N–H and O–H groups in total. The maximum absolute atomic E-state index is 12.0. The molecular weight excluding hydrogens is 252 g/mol. The number of carbonyl (C=O) groups excluding carboxylic acids is 1. The third kappa shape index (κ3) is 3.32. The molecule has 2 atom stereocenters. The largest absolute Gasteiger partial charge is 0.351 e. The number of nitrogens with one attached hydrogen (secondary N) is 1. The second-order valence-electron chi connectivity index (χ2n) is 5.04. The van der Waals surface area contributed by atoms with Gasteiger partial charge < -0.3 is 5.32 Å². The van der Waals surface area contributed by atoms with Gasteiger partial charge in [-0.15, -0.1) is 0 Å². The number of nitrogens with zero attached hydrogens (tertiary/aromatic N) is 1. The molecule has 1 amide bonds. The van der Waals surface area contributed by atoms with Crippen molar-refractivity contribution in [1.82, 2.24) is 10.2 Å². The Morgan fingerprint density at radius 1 is 1.44 bits per heavy atom. The zero-order chi connectivity index (χ0) is 13.2. The Bertz CT molecular complexity index is 444. The maximum Gasteiger partial charge on any atom is 0.237 e. The van der Waals surface area contributed by atoms with Gasteiger partial charge in [-0.3, -0.25) is 9.69 Å². The van der Waals surface area contributed by atoms with E-state index in [1.807, 2.05) is 6.92 Å².